The van der Waals surface area contributed by atoms with E-state index >= 15 is 0 Å². The predicted octanol–water partition coefficient (Wildman–Crippen LogP) is 15.4. The van der Waals surface area contributed by atoms with Gasteiger partial charge in [-0.25, -0.2) is 0 Å². The van der Waals surface area contributed by atoms with Gasteiger partial charge >= 0.3 is 0 Å². The zero-order valence-electron chi connectivity index (χ0n) is 31.1. The number of fused-ring (bicyclic) bond motifs is 6. The van der Waals surface area contributed by atoms with Crippen molar-refractivity contribution >= 4 is 60.8 Å². The number of hydrogen-bond donors (Lipinski definition) is 1. The smallest absolute Gasteiger partial charge is 0.143 e. The van der Waals surface area contributed by atoms with Crippen molar-refractivity contribution in [2.75, 3.05) is 4.90 Å². The van der Waals surface area contributed by atoms with Crippen molar-refractivity contribution in [1.29, 1.82) is 0 Å². The fraction of sp³-hybridized carbons (Fsp3) is 0. The molecule has 0 fully saturated rings. The summed E-state index contributed by atoms with van der Waals surface area (Å²) in [5.74, 6) is 0. The molecular weight excluding hydrogens is 693 g/mol. The first-order chi connectivity index (χ1) is 28.2. The van der Waals surface area contributed by atoms with Crippen molar-refractivity contribution in [3.05, 3.63) is 212 Å². The molecule has 57 heavy (non-hydrogen) atoms. The van der Waals surface area contributed by atoms with E-state index in [0.717, 1.165) is 66.7 Å². The van der Waals surface area contributed by atoms with E-state index < -0.39 is 0 Å². The normalized spacial score (nSPS) is 11.5. The Morgan fingerprint density at radius 2 is 0.842 bits per heavy atom. The van der Waals surface area contributed by atoms with E-state index in [2.05, 4.69) is 210 Å². The molecular formula is C54H36N2O. The van der Waals surface area contributed by atoms with Crippen molar-refractivity contribution in [2.24, 2.45) is 0 Å². The Hall–Kier alpha value is -7.62. The van der Waals surface area contributed by atoms with Crippen LogP contribution in [0.5, 0.6) is 0 Å². The molecule has 0 unspecified atom stereocenters. The van der Waals surface area contributed by atoms with Crippen LogP contribution in [0.25, 0.3) is 88.3 Å². The van der Waals surface area contributed by atoms with Gasteiger partial charge in [-0.05, 0) is 94.0 Å². The predicted molar refractivity (Wildman–Crippen MR) is 240 cm³/mol. The number of nitrogens with one attached hydrogen (secondary N) is 1. The third-order valence-corrected chi connectivity index (χ3v) is 11.2. The molecule has 0 amide bonds. The number of anilines is 3. The summed E-state index contributed by atoms with van der Waals surface area (Å²) in [5.41, 5.74) is 16.7. The van der Waals surface area contributed by atoms with Gasteiger partial charge in [-0.2, -0.15) is 0 Å². The number of rotatable bonds is 7. The highest BCUT2D eigenvalue weighted by atomic mass is 16.3. The number of aromatic amines is 1. The standard InChI is InChI=1S/C54H36N2O/c1-3-12-36(13-4-1)37-22-28-42(29-23-37)56(44-32-26-40(27-33-44)45-18-11-19-48-47-17-8-10-21-52(47)57-54(45)48)43-30-24-38(25-31-43)41-34-49(39-14-5-2-6-15-39)53-50(35-41)46-16-7-9-20-51(46)55-53/h1-35,55H. The lowest BCUT2D eigenvalue weighted by Crippen LogP contribution is -2.09. The Labute approximate surface area is 330 Å². The van der Waals surface area contributed by atoms with E-state index in [1.165, 1.54) is 38.6 Å². The van der Waals surface area contributed by atoms with Crippen LogP contribution in [-0.2, 0) is 0 Å². The van der Waals surface area contributed by atoms with Crippen molar-refractivity contribution in [1.82, 2.24) is 4.98 Å². The molecule has 2 heterocycles. The van der Waals surface area contributed by atoms with Crippen LogP contribution in [0.4, 0.5) is 17.1 Å². The van der Waals surface area contributed by atoms with Crippen LogP contribution >= 0.6 is 0 Å². The van der Waals surface area contributed by atoms with Gasteiger partial charge in [0.25, 0.3) is 0 Å². The maximum absolute atomic E-state index is 6.41. The average Bonchev–Trinajstić information content (AvgIpc) is 3.86. The second kappa shape index (κ2) is 13.6. The van der Waals surface area contributed by atoms with Gasteiger partial charge in [0, 0.05) is 55.3 Å². The number of hydrogen-bond acceptors (Lipinski definition) is 2. The molecule has 11 aromatic rings. The molecule has 3 heteroatoms. The maximum Gasteiger partial charge on any atom is 0.143 e. The summed E-state index contributed by atoms with van der Waals surface area (Å²) in [6.45, 7) is 0. The van der Waals surface area contributed by atoms with Crippen LogP contribution in [0.2, 0.25) is 0 Å². The number of benzene rings is 9. The molecule has 0 aliphatic carbocycles. The van der Waals surface area contributed by atoms with E-state index in [-0.39, 0.29) is 0 Å². The van der Waals surface area contributed by atoms with Gasteiger partial charge in [0.2, 0.25) is 0 Å². The van der Waals surface area contributed by atoms with E-state index in [0.29, 0.717) is 0 Å². The SMILES string of the molecule is c1ccc(-c2ccc(N(c3ccc(-c4cc(-c5ccccc5)c5[nH]c6ccccc6c5c4)cc3)c3ccc(-c4cccc5c4oc4ccccc45)cc3)cc2)cc1. The topological polar surface area (TPSA) is 32.2 Å². The first kappa shape index (κ1) is 32.8. The minimum absolute atomic E-state index is 0.905. The van der Waals surface area contributed by atoms with Crippen LogP contribution in [-0.4, -0.2) is 4.98 Å². The summed E-state index contributed by atoms with van der Waals surface area (Å²) < 4.78 is 6.41. The Morgan fingerprint density at radius 3 is 1.53 bits per heavy atom. The zero-order chi connectivity index (χ0) is 37.7. The minimum atomic E-state index is 0.905. The molecule has 2 aromatic heterocycles. The second-order valence-electron chi connectivity index (χ2n) is 14.6. The van der Waals surface area contributed by atoms with Gasteiger partial charge < -0.3 is 14.3 Å². The Kier molecular flexibility index (Phi) is 7.82. The van der Waals surface area contributed by atoms with E-state index in [1.807, 2.05) is 12.1 Å². The highest BCUT2D eigenvalue weighted by molar-refractivity contribution is 6.13. The lowest BCUT2D eigenvalue weighted by atomic mass is 9.95. The zero-order valence-corrected chi connectivity index (χ0v) is 31.1. The fourth-order valence-electron chi connectivity index (χ4n) is 8.41. The van der Waals surface area contributed by atoms with Gasteiger partial charge in [0.1, 0.15) is 11.2 Å². The third kappa shape index (κ3) is 5.76. The summed E-state index contributed by atoms with van der Waals surface area (Å²) in [6, 6.07) is 75.8. The number of H-pyrrole nitrogens is 1. The average molecular weight is 729 g/mol. The van der Waals surface area contributed by atoms with Crippen molar-refractivity contribution in [2.45, 2.75) is 0 Å². The fourth-order valence-corrected chi connectivity index (χ4v) is 8.41. The summed E-state index contributed by atoms with van der Waals surface area (Å²) >= 11 is 0. The Morgan fingerprint density at radius 1 is 0.333 bits per heavy atom. The second-order valence-corrected chi connectivity index (χ2v) is 14.6. The van der Waals surface area contributed by atoms with E-state index in [9.17, 15) is 0 Å². The summed E-state index contributed by atoms with van der Waals surface area (Å²) in [4.78, 5) is 6.05. The molecule has 0 saturated heterocycles. The molecule has 0 aliphatic heterocycles. The van der Waals surface area contributed by atoms with Gasteiger partial charge in [-0.15, -0.1) is 0 Å². The van der Waals surface area contributed by atoms with Crippen LogP contribution < -0.4 is 4.90 Å². The Balaban J connectivity index is 1.01. The van der Waals surface area contributed by atoms with Crippen LogP contribution in [0.1, 0.15) is 0 Å². The number of aromatic nitrogens is 1. The van der Waals surface area contributed by atoms with Crippen molar-refractivity contribution in [3.8, 4) is 44.5 Å². The van der Waals surface area contributed by atoms with E-state index in [1.54, 1.807) is 0 Å². The lowest BCUT2D eigenvalue weighted by molar-refractivity contribution is 0.670. The van der Waals surface area contributed by atoms with Gasteiger partial charge in [-0.1, -0.05) is 152 Å². The number of furan rings is 1. The van der Waals surface area contributed by atoms with Crippen molar-refractivity contribution in [3.63, 3.8) is 0 Å². The summed E-state index contributed by atoms with van der Waals surface area (Å²) in [7, 11) is 0. The van der Waals surface area contributed by atoms with Crippen molar-refractivity contribution < 1.29 is 4.42 Å². The summed E-state index contributed by atoms with van der Waals surface area (Å²) in [6.07, 6.45) is 0. The van der Waals surface area contributed by atoms with Crippen LogP contribution in [0.15, 0.2) is 217 Å². The molecule has 1 N–H and O–H groups in total. The first-order valence-corrected chi connectivity index (χ1v) is 19.4. The monoisotopic (exact) mass is 728 g/mol. The third-order valence-electron chi connectivity index (χ3n) is 11.2. The summed E-state index contributed by atoms with van der Waals surface area (Å²) in [5, 5.41) is 4.72. The first-order valence-electron chi connectivity index (χ1n) is 19.4. The largest absolute Gasteiger partial charge is 0.455 e. The number of para-hydroxylation sites is 3. The molecule has 0 aliphatic rings. The lowest BCUT2D eigenvalue weighted by Gasteiger charge is -2.26. The molecule has 0 spiro atoms. The van der Waals surface area contributed by atoms with E-state index in [4.69, 9.17) is 4.42 Å². The molecule has 0 bridgehead atoms. The van der Waals surface area contributed by atoms with Crippen LogP contribution in [0.3, 0.4) is 0 Å². The van der Waals surface area contributed by atoms with Gasteiger partial charge in [0.05, 0.1) is 5.52 Å². The molecule has 0 radical (unpaired) electrons. The van der Waals surface area contributed by atoms with Gasteiger partial charge in [0.15, 0.2) is 0 Å². The molecule has 9 aromatic carbocycles. The molecule has 268 valence electrons. The Bertz CT molecular complexity index is 3200. The molecule has 0 saturated carbocycles. The molecule has 11 rings (SSSR count). The minimum Gasteiger partial charge on any atom is -0.455 e. The highest BCUT2D eigenvalue weighted by Crippen LogP contribution is 2.42. The quantitative estimate of drug-likeness (QED) is 0.177. The maximum atomic E-state index is 6.41. The number of nitrogens with zero attached hydrogens (tertiary/aromatic N) is 1. The highest BCUT2D eigenvalue weighted by Gasteiger charge is 2.17. The van der Waals surface area contributed by atoms with Crippen LogP contribution in [0, 0.1) is 0 Å². The van der Waals surface area contributed by atoms with Gasteiger partial charge in [-0.3, -0.25) is 0 Å². The molecule has 0 atom stereocenters. The molecule has 3 nitrogen and oxygen atoms in total.